The number of hydrogen-bond donors (Lipinski definition) is 0. The molecule has 0 aliphatic rings. The Morgan fingerprint density at radius 2 is 2.08 bits per heavy atom. The zero-order valence-corrected chi connectivity index (χ0v) is 8.14. The average Bonchev–Trinajstić information content (AvgIpc) is 2.13. The molecule has 66 valence electrons. The van der Waals surface area contributed by atoms with Gasteiger partial charge in [-0.3, -0.25) is 0 Å². The van der Waals surface area contributed by atoms with Gasteiger partial charge in [-0.15, -0.1) is 0 Å². The van der Waals surface area contributed by atoms with Crippen LogP contribution in [0.15, 0.2) is 17.2 Å². The number of hydrogen-bond acceptors (Lipinski definition) is 1. The Bertz CT molecular complexity index is 386. The molecule has 1 rings (SSSR count). The van der Waals surface area contributed by atoms with Gasteiger partial charge in [-0.2, -0.15) is 0 Å². The summed E-state index contributed by atoms with van der Waals surface area (Å²) in [6.07, 6.45) is 0. The van der Waals surface area contributed by atoms with Crippen LogP contribution in [0.25, 0.3) is 0 Å². The van der Waals surface area contributed by atoms with Gasteiger partial charge in [0.2, 0.25) is 0 Å². The van der Waals surface area contributed by atoms with Crippen molar-refractivity contribution in [3.05, 3.63) is 28.3 Å². The molecule has 0 amide bonds. The summed E-state index contributed by atoms with van der Waals surface area (Å²) in [5.74, 6) is 0. The molecule has 0 aliphatic carbocycles. The van der Waals surface area contributed by atoms with E-state index in [0.717, 1.165) is 11.1 Å². The number of nitrogens with zero attached hydrogens (tertiary/aromatic N) is 2. The molecule has 0 saturated carbocycles. The van der Waals surface area contributed by atoms with E-state index in [1.165, 1.54) is 0 Å². The van der Waals surface area contributed by atoms with Gasteiger partial charge >= 0.3 is 80.9 Å². The summed E-state index contributed by atoms with van der Waals surface area (Å²) in [5, 5.41) is 4.34. The Kier molecular flexibility index (Phi) is 3.35. The predicted octanol–water partition coefficient (Wildman–Crippen LogP) is 2.88. The van der Waals surface area contributed by atoms with E-state index in [9.17, 15) is 4.32 Å². The summed E-state index contributed by atoms with van der Waals surface area (Å²) in [5.41, 5.74) is 2.49. The molecule has 0 saturated heterocycles. The Labute approximate surface area is 81.5 Å². The van der Waals surface area contributed by atoms with Crippen LogP contribution in [0.2, 0.25) is 5.02 Å². The van der Waals surface area contributed by atoms with Crippen LogP contribution < -0.4 is 4.69 Å². The summed E-state index contributed by atoms with van der Waals surface area (Å²) in [6.45, 7) is 3.75. The van der Waals surface area contributed by atoms with Gasteiger partial charge in [0, 0.05) is 0 Å². The third kappa shape index (κ3) is 2.23. The van der Waals surface area contributed by atoms with E-state index in [0.29, 0.717) is 10.7 Å². The molecular formula is C8H8BClFN2+. The number of rotatable bonds is 1. The minimum atomic E-state index is 0.156. The van der Waals surface area contributed by atoms with E-state index in [-0.39, 0.29) is 7.35 Å². The second-order valence-corrected chi connectivity index (χ2v) is 3.04. The zero-order chi connectivity index (χ0) is 9.84. The van der Waals surface area contributed by atoms with Crippen LogP contribution in [-0.2, 0) is 0 Å². The zero-order valence-electron chi connectivity index (χ0n) is 7.38. The maximum absolute atomic E-state index is 11.6. The van der Waals surface area contributed by atoms with Crippen molar-refractivity contribution < 1.29 is 4.32 Å². The Morgan fingerprint density at radius 3 is 2.69 bits per heavy atom. The average molecular weight is 197 g/mol. The predicted molar refractivity (Wildman–Crippen MR) is 52.0 cm³/mol. The van der Waals surface area contributed by atoms with Crippen molar-refractivity contribution in [3.8, 4) is 0 Å². The first-order chi connectivity index (χ1) is 6.16. The SMILES string of the molecule is Cc1c(Cl)ccc(N=[N+]=BF)c1C. The van der Waals surface area contributed by atoms with Crippen LogP contribution in [0.1, 0.15) is 11.1 Å². The molecule has 0 aliphatic heterocycles. The molecule has 1 aromatic carbocycles. The summed E-state index contributed by atoms with van der Waals surface area (Å²) < 4.78 is 14.7. The first-order valence-electron chi connectivity index (χ1n) is 3.75. The molecule has 0 fully saturated rings. The Morgan fingerprint density at radius 1 is 1.38 bits per heavy atom. The van der Waals surface area contributed by atoms with Crippen molar-refractivity contribution in [3.63, 3.8) is 0 Å². The van der Waals surface area contributed by atoms with Crippen molar-refractivity contribution in [2.24, 2.45) is 5.11 Å². The van der Waals surface area contributed by atoms with Crippen molar-refractivity contribution >= 4 is 24.6 Å². The van der Waals surface area contributed by atoms with Gasteiger partial charge in [0.15, 0.2) is 0 Å². The topological polar surface area (TPSA) is 26.5 Å². The Balaban J connectivity index is 3.26. The molecule has 0 radical (unpaired) electrons. The molecule has 13 heavy (non-hydrogen) atoms. The van der Waals surface area contributed by atoms with Crippen LogP contribution >= 0.6 is 11.6 Å². The third-order valence-electron chi connectivity index (χ3n) is 1.90. The first kappa shape index (κ1) is 10.1. The third-order valence-corrected chi connectivity index (χ3v) is 2.31. The molecular weight excluding hydrogens is 189 g/mol. The second-order valence-electron chi connectivity index (χ2n) is 2.63. The molecule has 1 aromatic rings. The normalized spacial score (nSPS) is 8.92. The molecule has 0 atom stereocenters. The fourth-order valence-electron chi connectivity index (χ4n) is 0.966. The summed E-state index contributed by atoms with van der Waals surface area (Å²) in [7, 11) is 0.156. The fraction of sp³-hybridized carbons (Fsp3) is 0.250. The van der Waals surface area contributed by atoms with E-state index < -0.39 is 0 Å². The molecule has 0 N–H and O–H groups in total. The fourth-order valence-corrected chi connectivity index (χ4v) is 1.17. The molecule has 0 spiro atoms. The number of benzene rings is 1. The van der Waals surface area contributed by atoms with Crippen molar-refractivity contribution in [2.45, 2.75) is 13.8 Å². The first-order valence-corrected chi connectivity index (χ1v) is 4.13. The summed E-state index contributed by atoms with van der Waals surface area (Å²) in [6, 6.07) is 3.42. The van der Waals surface area contributed by atoms with Crippen molar-refractivity contribution in [1.82, 2.24) is 4.69 Å². The van der Waals surface area contributed by atoms with E-state index in [4.69, 9.17) is 11.6 Å². The van der Waals surface area contributed by atoms with Crippen molar-refractivity contribution in [2.75, 3.05) is 0 Å². The van der Waals surface area contributed by atoms with Crippen LogP contribution in [0.4, 0.5) is 10.0 Å². The van der Waals surface area contributed by atoms with E-state index in [1.54, 1.807) is 12.1 Å². The van der Waals surface area contributed by atoms with Gasteiger partial charge in [0.25, 0.3) is 0 Å². The minimum absolute atomic E-state index is 0.156. The summed E-state index contributed by atoms with van der Waals surface area (Å²) in [4.78, 5) is 0. The molecule has 5 heteroatoms. The summed E-state index contributed by atoms with van der Waals surface area (Å²) >= 11 is 5.87. The van der Waals surface area contributed by atoms with Gasteiger partial charge in [0.1, 0.15) is 0 Å². The van der Waals surface area contributed by atoms with Gasteiger partial charge in [-0.1, -0.05) is 0 Å². The monoisotopic (exact) mass is 197 g/mol. The van der Waals surface area contributed by atoms with Gasteiger partial charge in [-0.05, 0) is 0 Å². The number of halogens is 2. The van der Waals surface area contributed by atoms with Crippen LogP contribution in [-0.4, -0.2) is 7.35 Å². The van der Waals surface area contributed by atoms with E-state index in [1.807, 2.05) is 13.8 Å². The molecule has 2 nitrogen and oxygen atoms in total. The van der Waals surface area contributed by atoms with Gasteiger partial charge < -0.3 is 0 Å². The molecule has 0 bridgehead atoms. The van der Waals surface area contributed by atoms with Crippen LogP contribution in [0.5, 0.6) is 0 Å². The standard InChI is InChI=1S/C8H8BClFN2/c1-5-6(2)8(12-13-9-11)4-3-7(5)10/h3-4H,1-2H3/q+1. The second kappa shape index (κ2) is 4.31. The van der Waals surface area contributed by atoms with Crippen molar-refractivity contribution in [1.29, 1.82) is 0 Å². The maximum atomic E-state index is 11.6. The molecule has 0 unspecified atom stereocenters. The quantitative estimate of drug-likeness (QED) is 0.376. The van der Waals surface area contributed by atoms with Gasteiger partial charge in [-0.25, -0.2) is 0 Å². The Hall–Kier alpha value is -0.985. The van der Waals surface area contributed by atoms with E-state index >= 15 is 0 Å². The van der Waals surface area contributed by atoms with Crippen LogP contribution in [0.3, 0.4) is 0 Å². The van der Waals surface area contributed by atoms with E-state index in [2.05, 4.69) is 9.81 Å². The molecule has 0 heterocycles. The van der Waals surface area contributed by atoms with Gasteiger partial charge in [0.05, 0.1) is 0 Å². The van der Waals surface area contributed by atoms with Crippen LogP contribution in [0, 0.1) is 13.8 Å². The molecule has 0 aromatic heterocycles.